The van der Waals surface area contributed by atoms with E-state index in [1.807, 2.05) is 6.07 Å². The number of anilines is 1. The second-order valence-electron chi connectivity index (χ2n) is 5.45. The summed E-state index contributed by atoms with van der Waals surface area (Å²) in [5, 5.41) is 4.49. The molecule has 0 spiro atoms. The van der Waals surface area contributed by atoms with Crippen molar-refractivity contribution in [3.8, 4) is 5.69 Å². The van der Waals surface area contributed by atoms with E-state index in [2.05, 4.69) is 5.10 Å². The van der Waals surface area contributed by atoms with Crippen LogP contribution in [0.15, 0.2) is 59.5 Å². The van der Waals surface area contributed by atoms with Gasteiger partial charge in [0.25, 0.3) is 5.56 Å². The number of nitrogens with zero attached hydrogens (tertiary/aromatic N) is 3. The largest absolute Gasteiger partial charge is 0.367 e. The minimum absolute atomic E-state index is 0.00816. The van der Waals surface area contributed by atoms with Gasteiger partial charge in [-0.3, -0.25) is 4.79 Å². The highest BCUT2D eigenvalue weighted by Crippen LogP contribution is 2.26. The zero-order valence-electron chi connectivity index (χ0n) is 13.3. The zero-order chi connectivity index (χ0) is 18.0. The Morgan fingerprint density at radius 2 is 1.84 bits per heavy atom. The summed E-state index contributed by atoms with van der Waals surface area (Å²) in [6.07, 6.45) is 1.48. The molecule has 0 aliphatic rings. The van der Waals surface area contributed by atoms with E-state index in [0.717, 1.165) is 0 Å². The normalized spacial score (nSPS) is 10.7. The van der Waals surface area contributed by atoms with Gasteiger partial charge in [-0.25, -0.2) is 4.39 Å². The SMILES string of the molecule is CN(Cc1c(F)cccc1Cl)c1cnn(-c2ccccc2)c(=O)c1Cl. The Labute approximate surface area is 154 Å². The van der Waals surface area contributed by atoms with Crippen molar-refractivity contribution in [2.24, 2.45) is 0 Å². The summed E-state index contributed by atoms with van der Waals surface area (Å²) in [7, 11) is 1.69. The lowest BCUT2D eigenvalue weighted by Crippen LogP contribution is -2.26. The maximum atomic E-state index is 14.0. The number of halogens is 3. The van der Waals surface area contributed by atoms with Crippen LogP contribution in [0.25, 0.3) is 5.69 Å². The quantitative estimate of drug-likeness (QED) is 0.679. The summed E-state index contributed by atoms with van der Waals surface area (Å²) in [6, 6.07) is 13.5. The molecule has 0 atom stereocenters. The number of para-hydroxylation sites is 1. The average Bonchev–Trinajstić information content (AvgIpc) is 2.61. The van der Waals surface area contributed by atoms with Gasteiger partial charge in [-0.15, -0.1) is 0 Å². The molecule has 0 aliphatic heterocycles. The zero-order valence-corrected chi connectivity index (χ0v) is 14.8. The van der Waals surface area contributed by atoms with E-state index >= 15 is 0 Å². The molecule has 4 nitrogen and oxygen atoms in total. The van der Waals surface area contributed by atoms with E-state index in [-0.39, 0.29) is 11.6 Å². The van der Waals surface area contributed by atoms with E-state index in [0.29, 0.717) is 22.0 Å². The van der Waals surface area contributed by atoms with Crippen LogP contribution in [0.5, 0.6) is 0 Å². The highest BCUT2D eigenvalue weighted by Gasteiger charge is 2.16. The highest BCUT2D eigenvalue weighted by atomic mass is 35.5. The van der Waals surface area contributed by atoms with Crippen molar-refractivity contribution >= 4 is 28.9 Å². The fourth-order valence-electron chi connectivity index (χ4n) is 2.45. The molecule has 0 unspecified atom stereocenters. The van der Waals surface area contributed by atoms with Crippen LogP contribution in [0, 0.1) is 5.82 Å². The van der Waals surface area contributed by atoms with Crippen LogP contribution in [0.1, 0.15) is 5.56 Å². The molecular weight excluding hydrogens is 364 g/mol. The lowest BCUT2D eigenvalue weighted by atomic mass is 10.2. The summed E-state index contributed by atoms with van der Waals surface area (Å²) >= 11 is 12.3. The molecule has 0 N–H and O–H groups in total. The standard InChI is InChI=1S/C18H14Cl2FN3O/c1-23(11-13-14(19)8-5-9-15(13)21)16-10-22-24(18(25)17(16)20)12-6-3-2-4-7-12/h2-10H,11H2,1H3. The number of hydrogen-bond donors (Lipinski definition) is 0. The molecular formula is C18H14Cl2FN3O. The van der Waals surface area contributed by atoms with Gasteiger partial charge in [0.1, 0.15) is 10.8 Å². The smallest absolute Gasteiger partial charge is 0.292 e. The maximum Gasteiger partial charge on any atom is 0.292 e. The minimum Gasteiger partial charge on any atom is -0.367 e. The molecule has 7 heteroatoms. The third-order valence-corrected chi connectivity index (χ3v) is 4.48. The number of rotatable bonds is 4. The Morgan fingerprint density at radius 3 is 2.52 bits per heavy atom. The first-order valence-electron chi connectivity index (χ1n) is 7.46. The van der Waals surface area contributed by atoms with Gasteiger partial charge >= 0.3 is 0 Å². The molecule has 2 aromatic carbocycles. The van der Waals surface area contributed by atoms with Gasteiger partial charge in [-0.2, -0.15) is 9.78 Å². The van der Waals surface area contributed by atoms with Crippen molar-refractivity contribution in [1.82, 2.24) is 9.78 Å². The number of hydrogen-bond acceptors (Lipinski definition) is 3. The molecule has 25 heavy (non-hydrogen) atoms. The van der Waals surface area contributed by atoms with E-state index < -0.39 is 11.4 Å². The molecule has 0 saturated carbocycles. The molecule has 0 saturated heterocycles. The topological polar surface area (TPSA) is 38.1 Å². The molecule has 3 aromatic rings. The third-order valence-electron chi connectivity index (χ3n) is 3.77. The Hall–Kier alpha value is -2.37. The van der Waals surface area contributed by atoms with E-state index in [1.165, 1.54) is 23.0 Å². The fraction of sp³-hybridized carbons (Fsp3) is 0.111. The van der Waals surface area contributed by atoms with Crippen molar-refractivity contribution in [1.29, 1.82) is 0 Å². The van der Waals surface area contributed by atoms with Crippen LogP contribution < -0.4 is 10.5 Å². The summed E-state index contributed by atoms with van der Waals surface area (Å²) in [6.45, 7) is 0.154. The van der Waals surface area contributed by atoms with Gasteiger partial charge in [0.2, 0.25) is 0 Å². The molecule has 0 amide bonds. The Bertz CT molecular complexity index is 940. The van der Waals surface area contributed by atoms with Gasteiger partial charge < -0.3 is 4.90 Å². The molecule has 1 aromatic heterocycles. The molecule has 0 bridgehead atoms. The molecule has 0 fully saturated rings. The van der Waals surface area contributed by atoms with Crippen LogP contribution in [-0.2, 0) is 6.54 Å². The first kappa shape index (κ1) is 17.5. The number of aromatic nitrogens is 2. The summed E-state index contributed by atoms with van der Waals surface area (Å²) in [5.41, 5.74) is 0.894. The van der Waals surface area contributed by atoms with Gasteiger partial charge in [0.15, 0.2) is 0 Å². The summed E-state index contributed by atoms with van der Waals surface area (Å²) in [5.74, 6) is -0.416. The lowest BCUT2D eigenvalue weighted by molar-refractivity contribution is 0.608. The van der Waals surface area contributed by atoms with E-state index in [4.69, 9.17) is 23.2 Å². The molecule has 128 valence electrons. The van der Waals surface area contributed by atoms with E-state index in [9.17, 15) is 9.18 Å². The Kier molecular flexibility index (Phi) is 5.06. The first-order chi connectivity index (χ1) is 12.0. The van der Waals surface area contributed by atoms with Crippen LogP contribution in [0.2, 0.25) is 10.0 Å². The summed E-state index contributed by atoms with van der Waals surface area (Å²) in [4.78, 5) is 14.2. The fourth-order valence-corrected chi connectivity index (χ4v) is 2.94. The predicted octanol–water partition coefficient (Wildman–Crippen LogP) is 4.31. The third kappa shape index (κ3) is 3.52. The van der Waals surface area contributed by atoms with Gasteiger partial charge in [0.05, 0.1) is 17.6 Å². The van der Waals surface area contributed by atoms with Crippen LogP contribution in [0.3, 0.4) is 0 Å². The second kappa shape index (κ2) is 7.25. The maximum absolute atomic E-state index is 14.0. The van der Waals surface area contributed by atoms with Crippen molar-refractivity contribution in [2.45, 2.75) is 6.54 Å². The second-order valence-corrected chi connectivity index (χ2v) is 6.24. The van der Waals surface area contributed by atoms with Crippen molar-refractivity contribution < 1.29 is 4.39 Å². The highest BCUT2D eigenvalue weighted by molar-refractivity contribution is 6.33. The lowest BCUT2D eigenvalue weighted by Gasteiger charge is -2.21. The molecule has 3 rings (SSSR count). The average molecular weight is 378 g/mol. The van der Waals surface area contributed by atoms with E-state index in [1.54, 1.807) is 42.3 Å². The van der Waals surface area contributed by atoms with Crippen molar-refractivity contribution in [3.05, 3.63) is 86.5 Å². The summed E-state index contributed by atoms with van der Waals surface area (Å²) < 4.78 is 15.2. The van der Waals surface area contributed by atoms with Gasteiger partial charge in [-0.1, -0.05) is 47.5 Å². The van der Waals surface area contributed by atoms with Gasteiger partial charge in [-0.05, 0) is 24.3 Å². The molecule has 1 heterocycles. The number of benzene rings is 2. The monoisotopic (exact) mass is 377 g/mol. The first-order valence-corrected chi connectivity index (χ1v) is 8.22. The van der Waals surface area contributed by atoms with Crippen molar-refractivity contribution in [3.63, 3.8) is 0 Å². The molecule has 0 aliphatic carbocycles. The van der Waals surface area contributed by atoms with Gasteiger partial charge in [0, 0.05) is 24.2 Å². The minimum atomic E-state index is -0.447. The van der Waals surface area contributed by atoms with Crippen molar-refractivity contribution in [2.75, 3.05) is 11.9 Å². The van der Waals surface area contributed by atoms with Crippen LogP contribution >= 0.6 is 23.2 Å². The molecule has 0 radical (unpaired) electrons. The van der Waals surface area contributed by atoms with Crippen LogP contribution in [-0.4, -0.2) is 16.8 Å². The predicted molar refractivity (Wildman–Crippen MR) is 98.4 cm³/mol. The Morgan fingerprint density at radius 1 is 1.12 bits per heavy atom. The van der Waals surface area contributed by atoms with Crippen LogP contribution in [0.4, 0.5) is 10.1 Å². The Balaban J connectivity index is 1.96.